The summed E-state index contributed by atoms with van der Waals surface area (Å²) in [6, 6.07) is 0. The summed E-state index contributed by atoms with van der Waals surface area (Å²) in [7, 11) is 0. The molecule has 3 heteroatoms. The molecule has 3 N–H and O–H groups in total. The van der Waals surface area contributed by atoms with Crippen molar-refractivity contribution in [1.82, 2.24) is 0 Å². The van der Waals surface area contributed by atoms with Gasteiger partial charge in [0.2, 0.25) is 0 Å². The van der Waals surface area contributed by atoms with Gasteiger partial charge in [-0.2, -0.15) is 0 Å². The summed E-state index contributed by atoms with van der Waals surface area (Å²) in [6.45, 7) is 7.54. The molecule has 0 aliphatic rings. The van der Waals surface area contributed by atoms with Gasteiger partial charge < -0.3 is 15.6 Å². The zero-order valence-corrected chi connectivity index (χ0v) is 9.75. The molecule has 1 unspecified atom stereocenters. The van der Waals surface area contributed by atoms with Crippen LogP contribution in [0, 0.1) is 5.41 Å². The van der Waals surface area contributed by atoms with E-state index in [1.54, 1.807) is 0 Å². The van der Waals surface area contributed by atoms with Gasteiger partial charge in [0, 0.05) is 25.2 Å². The Kier molecular flexibility index (Phi) is 7.15. The summed E-state index contributed by atoms with van der Waals surface area (Å²) < 4.78 is 5.48. The Balaban J connectivity index is 3.94. The van der Waals surface area contributed by atoms with Gasteiger partial charge in [-0.25, -0.2) is 0 Å². The molecular weight excluding hydrogens is 178 g/mol. The normalized spacial score (nSPS) is 15.9. The minimum atomic E-state index is -0.121. The molecule has 0 aromatic heterocycles. The van der Waals surface area contributed by atoms with E-state index in [4.69, 9.17) is 10.5 Å². The van der Waals surface area contributed by atoms with Crippen molar-refractivity contribution in [3.63, 3.8) is 0 Å². The average molecular weight is 203 g/mol. The van der Waals surface area contributed by atoms with Gasteiger partial charge in [0.15, 0.2) is 0 Å². The molecule has 0 bridgehead atoms. The van der Waals surface area contributed by atoms with Gasteiger partial charge in [0.25, 0.3) is 0 Å². The molecule has 86 valence electrons. The summed E-state index contributed by atoms with van der Waals surface area (Å²) in [5, 5.41) is 9.34. The summed E-state index contributed by atoms with van der Waals surface area (Å²) in [5.74, 6) is 0. The minimum Gasteiger partial charge on any atom is -0.396 e. The van der Waals surface area contributed by atoms with Crippen LogP contribution in [0.25, 0.3) is 0 Å². The standard InChI is InChI=1S/C11H25NO2/c1-4-5-11(8-12,9-13)6-7-14-10(2)3/h10,13H,4-9,12H2,1-3H3. The lowest BCUT2D eigenvalue weighted by Gasteiger charge is -2.30. The summed E-state index contributed by atoms with van der Waals surface area (Å²) in [4.78, 5) is 0. The summed E-state index contributed by atoms with van der Waals surface area (Å²) in [5.41, 5.74) is 5.58. The third-order valence-corrected chi connectivity index (χ3v) is 2.63. The lowest BCUT2D eigenvalue weighted by Crippen LogP contribution is -2.35. The molecule has 0 rings (SSSR count). The predicted molar refractivity (Wildman–Crippen MR) is 59.2 cm³/mol. The van der Waals surface area contributed by atoms with Crippen LogP contribution in [0.5, 0.6) is 0 Å². The van der Waals surface area contributed by atoms with Crippen molar-refractivity contribution in [3.8, 4) is 0 Å². The fraction of sp³-hybridized carbons (Fsp3) is 1.00. The van der Waals surface area contributed by atoms with Crippen LogP contribution in [-0.2, 0) is 4.74 Å². The summed E-state index contributed by atoms with van der Waals surface area (Å²) in [6.07, 6.45) is 3.14. The number of hydrogen-bond donors (Lipinski definition) is 2. The van der Waals surface area contributed by atoms with Crippen molar-refractivity contribution in [2.45, 2.75) is 46.1 Å². The number of nitrogens with two attached hydrogens (primary N) is 1. The van der Waals surface area contributed by atoms with E-state index in [0.717, 1.165) is 19.3 Å². The Morgan fingerprint density at radius 3 is 2.36 bits per heavy atom. The molecule has 0 radical (unpaired) electrons. The Labute approximate surface area is 87.6 Å². The number of rotatable bonds is 8. The third kappa shape index (κ3) is 4.94. The number of hydrogen-bond acceptors (Lipinski definition) is 3. The van der Waals surface area contributed by atoms with E-state index >= 15 is 0 Å². The van der Waals surface area contributed by atoms with Gasteiger partial charge >= 0.3 is 0 Å². The predicted octanol–water partition coefficient (Wildman–Crippen LogP) is 1.54. The lowest BCUT2D eigenvalue weighted by atomic mass is 9.81. The molecule has 14 heavy (non-hydrogen) atoms. The number of ether oxygens (including phenoxy) is 1. The topological polar surface area (TPSA) is 55.5 Å². The smallest absolute Gasteiger partial charge is 0.0518 e. The van der Waals surface area contributed by atoms with Crippen LogP contribution in [0.1, 0.15) is 40.0 Å². The van der Waals surface area contributed by atoms with Crippen LogP contribution < -0.4 is 5.73 Å². The van der Waals surface area contributed by atoms with Crippen molar-refractivity contribution in [1.29, 1.82) is 0 Å². The van der Waals surface area contributed by atoms with Crippen LogP contribution in [0.2, 0.25) is 0 Å². The fourth-order valence-electron chi connectivity index (χ4n) is 1.59. The Hall–Kier alpha value is -0.120. The van der Waals surface area contributed by atoms with E-state index < -0.39 is 0 Å². The van der Waals surface area contributed by atoms with Crippen molar-refractivity contribution in [2.75, 3.05) is 19.8 Å². The van der Waals surface area contributed by atoms with Crippen LogP contribution in [0.15, 0.2) is 0 Å². The molecule has 0 spiro atoms. The van der Waals surface area contributed by atoms with Gasteiger partial charge in [0.05, 0.1) is 6.10 Å². The average Bonchev–Trinajstić information content (AvgIpc) is 2.16. The van der Waals surface area contributed by atoms with E-state index in [-0.39, 0.29) is 18.1 Å². The molecule has 0 aromatic carbocycles. The molecule has 0 saturated carbocycles. The Morgan fingerprint density at radius 1 is 1.36 bits per heavy atom. The first-order valence-electron chi connectivity index (χ1n) is 5.52. The monoisotopic (exact) mass is 203 g/mol. The van der Waals surface area contributed by atoms with Crippen molar-refractivity contribution < 1.29 is 9.84 Å². The second kappa shape index (κ2) is 7.21. The fourth-order valence-corrected chi connectivity index (χ4v) is 1.59. The number of aliphatic hydroxyl groups is 1. The highest BCUT2D eigenvalue weighted by molar-refractivity contribution is 4.79. The highest BCUT2D eigenvalue weighted by atomic mass is 16.5. The van der Waals surface area contributed by atoms with E-state index in [1.807, 2.05) is 13.8 Å². The van der Waals surface area contributed by atoms with Crippen LogP contribution in [0.4, 0.5) is 0 Å². The van der Waals surface area contributed by atoms with Crippen molar-refractivity contribution >= 4 is 0 Å². The van der Waals surface area contributed by atoms with E-state index in [9.17, 15) is 5.11 Å². The van der Waals surface area contributed by atoms with Crippen molar-refractivity contribution in [2.24, 2.45) is 11.1 Å². The second-order valence-electron chi connectivity index (χ2n) is 4.28. The van der Waals surface area contributed by atoms with E-state index in [1.165, 1.54) is 0 Å². The highest BCUT2D eigenvalue weighted by Gasteiger charge is 2.26. The molecule has 0 saturated heterocycles. The van der Waals surface area contributed by atoms with E-state index in [2.05, 4.69) is 6.92 Å². The molecule has 0 aliphatic carbocycles. The zero-order chi connectivity index (χ0) is 11.0. The maximum atomic E-state index is 9.34. The van der Waals surface area contributed by atoms with Gasteiger partial charge in [-0.1, -0.05) is 13.3 Å². The molecule has 1 atom stereocenters. The van der Waals surface area contributed by atoms with E-state index in [0.29, 0.717) is 13.2 Å². The first-order chi connectivity index (χ1) is 6.60. The first kappa shape index (κ1) is 13.9. The minimum absolute atomic E-state index is 0.121. The molecule has 0 amide bonds. The van der Waals surface area contributed by atoms with Crippen LogP contribution in [0.3, 0.4) is 0 Å². The molecule has 3 nitrogen and oxygen atoms in total. The molecule has 0 heterocycles. The Bertz CT molecular complexity index is 133. The summed E-state index contributed by atoms with van der Waals surface area (Å²) >= 11 is 0. The highest BCUT2D eigenvalue weighted by Crippen LogP contribution is 2.26. The molecular formula is C11H25NO2. The van der Waals surface area contributed by atoms with Crippen molar-refractivity contribution in [3.05, 3.63) is 0 Å². The second-order valence-corrected chi connectivity index (χ2v) is 4.28. The SMILES string of the molecule is CCCC(CN)(CO)CCOC(C)C. The maximum absolute atomic E-state index is 9.34. The maximum Gasteiger partial charge on any atom is 0.0518 e. The van der Waals surface area contributed by atoms with Crippen LogP contribution >= 0.6 is 0 Å². The molecule has 0 fully saturated rings. The quantitative estimate of drug-likeness (QED) is 0.629. The number of aliphatic hydroxyl groups excluding tert-OH is 1. The third-order valence-electron chi connectivity index (χ3n) is 2.63. The largest absolute Gasteiger partial charge is 0.396 e. The van der Waals surface area contributed by atoms with Gasteiger partial charge in [-0.15, -0.1) is 0 Å². The van der Waals surface area contributed by atoms with Gasteiger partial charge in [-0.05, 0) is 26.7 Å². The van der Waals surface area contributed by atoms with Gasteiger partial charge in [0.1, 0.15) is 0 Å². The molecule has 0 aromatic rings. The Morgan fingerprint density at radius 2 is 2.00 bits per heavy atom. The van der Waals surface area contributed by atoms with Crippen LogP contribution in [-0.4, -0.2) is 31.0 Å². The molecule has 0 aliphatic heterocycles. The van der Waals surface area contributed by atoms with Gasteiger partial charge in [-0.3, -0.25) is 0 Å². The lowest BCUT2D eigenvalue weighted by molar-refractivity contribution is 0.0290. The first-order valence-corrected chi connectivity index (χ1v) is 5.52. The zero-order valence-electron chi connectivity index (χ0n) is 9.75.